The minimum absolute atomic E-state index is 0.155. The van der Waals surface area contributed by atoms with Crippen molar-refractivity contribution >= 4 is 31.6 Å². The summed E-state index contributed by atoms with van der Waals surface area (Å²) >= 11 is 3.38. The van der Waals surface area contributed by atoms with Gasteiger partial charge in [-0.1, -0.05) is 15.9 Å². The van der Waals surface area contributed by atoms with Crippen LogP contribution in [0.15, 0.2) is 22.7 Å². The first-order valence-corrected chi connectivity index (χ1v) is 7.23. The van der Waals surface area contributed by atoms with Gasteiger partial charge in [0, 0.05) is 11.0 Å². The molecular weight excluding hydrogens is 278 g/mol. The fourth-order valence-electron chi connectivity index (χ4n) is 1.78. The molecule has 1 aromatic rings. The van der Waals surface area contributed by atoms with Crippen LogP contribution in [0.4, 0.5) is 5.69 Å². The van der Waals surface area contributed by atoms with E-state index in [1.54, 1.807) is 6.92 Å². The maximum Gasteiger partial charge on any atom is 0.234 e. The summed E-state index contributed by atoms with van der Waals surface area (Å²) in [5, 5.41) is 0. The van der Waals surface area contributed by atoms with Crippen molar-refractivity contribution in [3.63, 3.8) is 0 Å². The van der Waals surface area contributed by atoms with Crippen molar-refractivity contribution < 1.29 is 8.42 Å². The van der Waals surface area contributed by atoms with Gasteiger partial charge in [-0.2, -0.15) is 0 Å². The average Bonchev–Trinajstić information content (AvgIpc) is 2.61. The molecule has 0 aliphatic carbocycles. The van der Waals surface area contributed by atoms with Gasteiger partial charge in [-0.05, 0) is 37.1 Å². The predicted molar refractivity (Wildman–Crippen MR) is 64.7 cm³/mol. The number of fused-ring (bicyclic) bond motifs is 1. The molecule has 82 valence electrons. The molecule has 5 heteroatoms. The van der Waals surface area contributed by atoms with Crippen molar-refractivity contribution in [1.29, 1.82) is 0 Å². The molecule has 0 atom stereocenters. The standard InChI is InChI=1S/C10H12BrNO2S/c1-2-15(13,14)12-6-5-8-7-9(11)3-4-10(8)12/h3-4,7H,2,5-6H2,1H3. The van der Waals surface area contributed by atoms with Gasteiger partial charge in [-0.15, -0.1) is 0 Å². The maximum atomic E-state index is 11.8. The molecule has 0 bridgehead atoms. The summed E-state index contributed by atoms with van der Waals surface area (Å²) in [5.41, 5.74) is 1.93. The highest BCUT2D eigenvalue weighted by atomic mass is 79.9. The fraction of sp³-hybridized carbons (Fsp3) is 0.400. The van der Waals surface area contributed by atoms with Crippen LogP contribution in [0.1, 0.15) is 12.5 Å². The fourth-order valence-corrected chi connectivity index (χ4v) is 3.35. The summed E-state index contributed by atoms with van der Waals surface area (Å²) in [5.74, 6) is 0.155. The van der Waals surface area contributed by atoms with E-state index < -0.39 is 10.0 Å². The van der Waals surface area contributed by atoms with Crippen LogP contribution in [0.2, 0.25) is 0 Å². The molecule has 2 rings (SSSR count). The summed E-state index contributed by atoms with van der Waals surface area (Å²) in [6.45, 7) is 2.24. The molecule has 0 amide bonds. The Labute approximate surface area is 98.3 Å². The van der Waals surface area contributed by atoms with Crippen molar-refractivity contribution in [2.45, 2.75) is 13.3 Å². The van der Waals surface area contributed by atoms with E-state index in [-0.39, 0.29) is 5.75 Å². The van der Waals surface area contributed by atoms with E-state index in [0.29, 0.717) is 6.54 Å². The molecule has 0 fully saturated rings. The van der Waals surface area contributed by atoms with E-state index in [2.05, 4.69) is 15.9 Å². The first kappa shape index (κ1) is 11.0. The van der Waals surface area contributed by atoms with Crippen molar-refractivity contribution in [3.8, 4) is 0 Å². The summed E-state index contributed by atoms with van der Waals surface area (Å²) in [7, 11) is -3.11. The number of anilines is 1. The van der Waals surface area contributed by atoms with Crippen LogP contribution in [-0.4, -0.2) is 20.7 Å². The molecule has 0 radical (unpaired) electrons. The Morgan fingerprint density at radius 2 is 2.20 bits per heavy atom. The van der Waals surface area contributed by atoms with Crippen molar-refractivity contribution in [1.82, 2.24) is 0 Å². The van der Waals surface area contributed by atoms with Gasteiger partial charge in [0.1, 0.15) is 0 Å². The Hall–Kier alpha value is -0.550. The third kappa shape index (κ3) is 1.90. The van der Waals surface area contributed by atoms with Crippen molar-refractivity contribution in [3.05, 3.63) is 28.2 Å². The lowest BCUT2D eigenvalue weighted by Gasteiger charge is -2.18. The monoisotopic (exact) mass is 289 g/mol. The Morgan fingerprint density at radius 3 is 2.87 bits per heavy atom. The zero-order valence-corrected chi connectivity index (χ0v) is 10.8. The van der Waals surface area contributed by atoms with E-state index in [1.165, 1.54) is 4.31 Å². The molecule has 1 aliphatic heterocycles. The molecule has 0 spiro atoms. The van der Waals surface area contributed by atoms with Crippen molar-refractivity contribution in [2.24, 2.45) is 0 Å². The molecule has 0 N–H and O–H groups in total. The summed E-state index contributed by atoms with van der Waals surface area (Å²) in [4.78, 5) is 0. The SMILES string of the molecule is CCS(=O)(=O)N1CCc2cc(Br)ccc21. The number of halogens is 1. The summed E-state index contributed by atoms with van der Waals surface area (Å²) in [6.07, 6.45) is 0.800. The van der Waals surface area contributed by atoms with Gasteiger partial charge in [0.25, 0.3) is 0 Å². The van der Waals surface area contributed by atoms with Crippen LogP contribution < -0.4 is 4.31 Å². The quantitative estimate of drug-likeness (QED) is 0.837. The smallest absolute Gasteiger partial charge is 0.234 e. The van der Waals surface area contributed by atoms with Gasteiger partial charge in [0.2, 0.25) is 10.0 Å². The lowest BCUT2D eigenvalue weighted by molar-refractivity contribution is 0.593. The number of nitrogens with zero attached hydrogens (tertiary/aromatic N) is 1. The second-order valence-corrected chi connectivity index (χ2v) is 6.59. The van der Waals surface area contributed by atoms with E-state index in [1.807, 2.05) is 18.2 Å². The highest BCUT2D eigenvalue weighted by Gasteiger charge is 2.27. The van der Waals surface area contributed by atoms with Crippen LogP contribution >= 0.6 is 15.9 Å². The average molecular weight is 290 g/mol. The zero-order valence-electron chi connectivity index (χ0n) is 8.40. The third-order valence-corrected chi connectivity index (χ3v) is 4.87. The number of benzene rings is 1. The van der Waals surface area contributed by atoms with Gasteiger partial charge in [-0.3, -0.25) is 4.31 Å². The molecule has 1 aliphatic rings. The van der Waals surface area contributed by atoms with Crippen LogP contribution in [0.5, 0.6) is 0 Å². The topological polar surface area (TPSA) is 37.4 Å². The van der Waals surface area contributed by atoms with Gasteiger partial charge >= 0.3 is 0 Å². The van der Waals surface area contributed by atoms with E-state index in [0.717, 1.165) is 22.1 Å². The molecule has 0 saturated carbocycles. The molecule has 1 aromatic carbocycles. The third-order valence-electron chi connectivity index (χ3n) is 2.60. The normalized spacial score (nSPS) is 15.5. The lowest BCUT2D eigenvalue weighted by Crippen LogP contribution is -2.30. The highest BCUT2D eigenvalue weighted by molar-refractivity contribution is 9.10. The molecule has 0 unspecified atom stereocenters. The highest BCUT2D eigenvalue weighted by Crippen LogP contribution is 2.32. The molecular formula is C10H12BrNO2S. The van der Waals surface area contributed by atoms with Crippen LogP contribution in [0.3, 0.4) is 0 Å². The van der Waals surface area contributed by atoms with Gasteiger partial charge in [0.05, 0.1) is 11.4 Å². The van der Waals surface area contributed by atoms with E-state index >= 15 is 0 Å². The van der Waals surface area contributed by atoms with Crippen LogP contribution in [-0.2, 0) is 16.4 Å². The second-order valence-electron chi connectivity index (χ2n) is 3.50. The summed E-state index contributed by atoms with van der Waals surface area (Å²) in [6, 6.07) is 5.72. The van der Waals surface area contributed by atoms with Crippen LogP contribution in [0.25, 0.3) is 0 Å². The lowest BCUT2D eigenvalue weighted by atomic mass is 10.2. The minimum Gasteiger partial charge on any atom is -0.270 e. The number of hydrogen-bond acceptors (Lipinski definition) is 2. The first-order chi connectivity index (χ1) is 7.04. The first-order valence-electron chi connectivity index (χ1n) is 4.83. The van der Waals surface area contributed by atoms with Gasteiger partial charge in [-0.25, -0.2) is 8.42 Å². The Kier molecular flexibility index (Phi) is 2.77. The van der Waals surface area contributed by atoms with Crippen LogP contribution in [0, 0.1) is 0 Å². The number of sulfonamides is 1. The van der Waals surface area contributed by atoms with Gasteiger partial charge < -0.3 is 0 Å². The Bertz CT molecular complexity index is 484. The second kappa shape index (κ2) is 3.79. The van der Waals surface area contributed by atoms with Gasteiger partial charge in [0.15, 0.2) is 0 Å². The molecule has 15 heavy (non-hydrogen) atoms. The van der Waals surface area contributed by atoms with Crippen molar-refractivity contribution in [2.75, 3.05) is 16.6 Å². The Balaban J connectivity index is 2.46. The van der Waals surface area contributed by atoms with E-state index in [9.17, 15) is 8.42 Å². The molecule has 0 aromatic heterocycles. The maximum absolute atomic E-state index is 11.8. The molecule has 0 saturated heterocycles. The zero-order chi connectivity index (χ0) is 11.1. The minimum atomic E-state index is -3.11. The van der Waals surface area contributed by atoms with E-state index in [4.69, 9.17) is 0 Å². The predicted octanol–water partition coefficient (Wildman–Crippen LogP) is 2.16. The number of hydrogen-bond donors (Lipinski definition) is 0. The molecule has 3 nitrogen and oxygen atoms in total. The largest absolute Gasteiger partial charge is 0.270 e. The number of rotatable bonds is 2. The Morgan fingerprint density at radius 1 is 1.47 bits per heavy atom. The summed E-state index contributed by atoms with van der Waals surface area (Å²) < 4.78 is 26.0. The molecule has 1 heterocycles.